The van der Waals surface area contributed by atoms with Crippen LogP contribution in [0.2, 0.25) is 0 Å². The normalized spacial score (nSPS) is 22.0. The van der Waals surface area contributed by atoms with E-state index in [4.69, 9.17) is 16.7 Å². The quantitative estimate of drug-likeness (QED) is 0.856. The lowest BCUT2D eigenvalue weighted by atomic mass is 10.1. The van der Waals surface area contributed by atoms with E-state index >= 15 is 0 Å². The van der Waals surface area contributed by atoms with Gasteiger partial charge in [0, 0.05) is 6.54 Å². The van der Waals surface area contributed by atoms with Crippen molar-refractivity contribution in [1.29, 1.82) is 0 Å². The summed E-state index contributed by atoms with van der Waals surface area (Å²) in [6.07, 6.45) is 1.55. The number of halogens is 2. The molecule has 98 valence electrons. The highest BCUT2D eigenvalue weighted by Gasteiger charge is 2.31. The number of likely N-dealkylation sites (tertiary alicyclic amines) is 1. The molecular weight excluding hydrogens is 257 g/mol. The molecule has 1 aromatic rings. The van der Waals surface area contributed by atoms with Gasteiger partial charge in [0.15, 0.2) is 0 Å². The van der Waals surface area contributed by atoms with Crippen LogP contribution in [0, 0.1) is 5.82 Å². The van der Waals surface area contributed by atoms with Gasteiger partial charge in [-0.15, -0.1) is 11.6 Å². The molecule has 0 radical (unpaired) electrons. The number of carboxylic acids is 1. The third-order valence-electron chi connectivity index (χ3n) is 3.28. The number of carboxylic acid groups (broad SMARTS) is 1. The fraction of sp³-hybridized carbons (Fsp3) is 0.462. The Bertz CT molecular complexity index is 424. The van der Waals surface area contributed by atoms with Crippen molar-refractivity contribution >= 4 is 17.6 Å². The van der Waals surface area contributed by atoms with Crippen LogP contribution in [-0.2, 0) is 4.79 Å². The molecule has 1 heterocycles. The standard InChI is InChI=1S/C13H15ClFNO2/c14-11(9-3-5-10(15)6-4-9)8-16-7-1-2-12(16)13(17)18/h3-6,11-12H,1-2,7-8H2,(H,17,18). The molecule has 1 aliphatic rings. The smallest absolute Gasteiger partial charge is 0.320 e. The molecule has 1 aliphatic heterocycles. The van der Waals surface area contributed by atoms with Gasteiger partial charge in [-0.05, 0) is 37.1 Å². The second-order valence-corrected chi connectivity index (χ2v) is 5.04. The molecule has 18 heavy (non-hydrogen) atoms. The van der Waals surface area contributed by atoms with Crippen LogP contribution in [0.3, 0.4) is 0 Å². The largest absolute Gasteiger partial charge is 0.480 e. The van der Waals surface area contributed by atoms with Gasteiger partial charge in [0.05, 0.1) is 5.38 Å². The minimum atomic E-state index is -0.796. The molecule has 1 saturated heterocycles. The van der Waals surface area contributed by atoms with Crippen molar-refractivity contribution in [3.63, 3.8) is 0 Å². The summed E-state index contributed by atoms with van der Waals surface area (Å²) >= 11 is 6.25. The molecule has 2 atom stereocenters. The summed E-state index contributed by atoms with van der Waals surface area (Å²) in [5, 5.41) is 8.75. The molecule has 0 saturated carbocycles. The maximum atomic E-state index is 12.8. The molecule has 5 heteroatoms. The lowest BCUT2D eigenvalue weighted by molar-refractivity contribution is -0.142. The van der Waals surface area contributed by atoms with Gasteiger partial charge < -0.3 is 5.11 Å². The Hall–Kier alpha value is -1.13. The summed E-state index contributed by atoms with van der Waals surface area (Å²) in [6.45, 7) is 1.23. The number of benzene rings is 1. The highest BCUT2D eigenvalue weighted by Crippen LogP contribution is 2.26. The molecule has 1 fully saturated rings. The number of nitrogens with zero attached hydrogens (tertiary/aromatic N) is 1. The zero-order valence-corrected chi connectivity index (χ0v) is 10.6. The van der Waals surface area contributed by atoms with Gasteiger partial charge >= 0.3 is 5.97 Å². The average molecular weight is 272 g/mol. The summed E-state index contributed by atoms with van der Waals surface area (Å²) in [4.78, 5) is 12.9. The van der Waals surface area contributed by atoms with Gasteiger partial charge in [-0.3, -0.25) is 9.69 Å². The summed E-state index contributed by atoms with van der Waals surface area (Å²) in [5.74, 6) is -1.09. The second-order valence-electron chi connectivity index (χ2n) is 4.51. The predicted molar refractivity (Wildman–Crippen MR) is 67.2 cm³/mol. The van der Waals surface area contributed by atoms with Crippen LogP contribution in [0.1, 0.15) is 23.8 Å². The summed E-state index contributed by atoms with van der Waals surface area (Å²) in [7, 11) is 0. The second kappa shape index (κ2) is 5.67. The van der Waals surface area contributed by atoms with E-state index in [0.29, 0.717) is 13.0 Å². The fourth-order valence-corrected chi connectivity index (χ4v) is 2.63. The summed E-state index contributed by atoms with van der Waals surface area (Å²) in [5.41, 5.74) is 0.814. The summed E-state index contributed by atoms with van der Waals surface area (Å²) < 4.78 is 12.8. The van der Waals surface area contributed by atoms with Gasteiger partial charge in [-0.1, -0.05) is 12.1 Å². The van der Waals surface area contributed by atoms with Crippen LogP contribution in [0.25, 0.3) is 0 Å². The van der Waals surface area contributed by atoms with E-state index < -0.39 is 12.0 Å². The number of rotatable bonds is 4. The number of carbonyl (C=O) groups is 1. The highest BCUT2D eigenvalue weighted by molar-refractivity contribution is 6.21. The first-order chi connectivity index (χ1) is 8.58. The molecule has 2 unspecified atom stereocenters. The molecule has 2 rings (SSSR count). The molecule has 1 N–H and O–H groups in total. The lowest BCUT2D eigenvalue weighted by Gasteiger charge is -2.23. The fourth-order valence-electron chi connectivity index (χ4n) is 2.31. The predicted octanol–water partition coefficient (Wildman–Crippen LogP) is 2.65. The first-order valence-corrected chi connectivity index (χ1v) is 6.38. The van der Waals surface area contributed by atoms with Gasteiger partial charge in [-0.25, -0.2) is 4.39 Å². The first-order valence-electron chi connectivity index (χ1n) is 5.94. The van der Waals surface area contributed by atoms with E-state index in [2.05, 4.69) is 0 Å². The maximum Gasteiger partial charge on any atom is 0.320 e. The molecule has 0 spiro atoms. The Labute approximate surface area is 110 Å². The monoisotopic (exact) mass is 271 g/mol. The average Bonchev–Trinajstić information content (AvgIpc) is 2.78. The Balaban J connectivity index is 2.00. The highest BCUT2D eigenvalue weighted by atomic mass is 35.5. The number of aliphatic carboxylic acids is 1. The van der Waals surface area contributed by atoms with Crippen molar-refractivity contribution < 1.29 is 14.3 Å². The third kappa shape index (κ3) is 3.00. The van der Waals surface area contributed by atoms with Crippen molar-refractivity contribution in [3.8, 4) is 0 Å². The van der Waals surface area contributed by atoms with Gasteiger partial charge in [-0.2, -0.15) is 0 Å². The third-order valence-corrected chi connectivity index (χ3v) is 3.67. The molecule has 0 aromatic heterocycles. The minimum absolute atomic E-state index is 0.299. The SMILES string of the molecule is O=C(O)C1CCCN1CC(Cl)c1ccc(F)cc1. The van der Waals surface area contributed by atoms with Gasteiger partial charge in [0.25, 0.3) is 0 Å². The van der Waals surface area contributed by atoms with Crippen LogP contribution in [0.5, 0.6) is 0 Å². The van der Waals surface area contributed by atoms with E-state index in [0.717, 1.165) is 18.5 Å². The molecule has 1 aromatic carbocycles. The van der Waals surface area contributed by atoms with Crippen molar-refractivity contribution in [2.24, 2.45) is 0 Å². The number of alkyl halides is 1. The Morgan fingerprint density at radius 3 is 2.78 bits per heavy atom. The van der Waals surface area contributed by atoms with Gasteiger partial charge in [0.1, 0.15) is 11.9 Å². The van der Waals surface area contributed by atoms with Crippen molar-refractivity contribution in [2.75, 3.05) is 13.1 Å². The molecule has 3 nitrogen and oxygen atoms in total. The molecular formula is C13H15ClFNO2. The zero-order chi connectivity index (χ0) is 13.1. The zero-order valence-electron chi connectivity index (χ0n) is 9.85. The lowest BCUT2D eigenvalue weighted by Crippen LogP contribution is -2.37. The first kappa shape index (κ1) is 13.3. The molecule has 0 aliphatic carbocycles. The van der Waals surface area contributed by atoms with Crippen LogP contribution >= 0.6 is 11.6 Å². The maximum absolute atomic E-state index is 12.8. The number of hydrogen-bond acceptors (Lipinski definition) is 2. The summed E-state index contributed by atoms with van der Waals surface area (Å²) in [6, 6.07) is 5.57. The van der Waals surface area contributed by atoms with Crippen LogP contribution < -0.4 is 0 Å². The number of hydrogen-bond donors (Lipinski definition) is 1. The van der Waals surface area contributed by atoms with E-state index in [1.54, 1.807) is 12.1 Å². The van der Waals surface area contributed by atoms with E-state index in [1.807, 2.05) is 4.90 Å². The van der Waals surface area contributed by atoms with Crippen molar-refractivity contribution in [2.45, 2.75) is 24.3 Å². The van der Waals surface area contributed by atoms with Crippen molar-refractivity contribution in [1.82, 2.24) is 4.90 Å². The Morgan fingerprint density at radius 1 is 1.50 bits per heavy atom. The van der Waals surface area contributed by atoms with Crippen molar-refractivity contribution in [3.05, 3.63) is 35.6 Å². The van der Waals surface area contributed by atoms with Crippen LogP contribution in [0.4, 0.5) is 4.39 Å². The Kier molecular flexibility index (Phi) is 4.19. The van der Waals surface area contributed by atoms with Gasteiger partial charge in [0.2, 0.25) is 0 Å². The van der Waals surface area contributed by atoms with E-state index in [9.17, 15) is 9.18 Å². The minimum Gasteiger partial charge on any atom is -0.480 e. The van der Waals surface area contributed by atoms with E-state index in [1.165, 1.54) is 12.1 Å². The molecule has 0 bridgehead atoms. The van der Waals surface area contributed by atoms with Crippen LogP contribution in [-0.4, -0.2) is 35.1 Å². The molecule has 0 amide bonds. The topological polar surface area (TPSA) is 40.5 Å². The Morgan fingerprint density at radius 2 is 2.17 bits per heavy atom. The van der Waals surface area contributed by atoms with Crippen LogP contribution in [0.15, 0.2) is 24.3 Å². The van der Waals surface area contributed by atoms with E-state index in [-0.39, 0.29) is 11.2 Å².